The van der Waals surface area contributed by atoms with E-state index in [1.54, 1.807) is 40.3 Å². The molecule has 0 spiro atoms. The summed E-state index contributed by atoms with van der Waals surface area (Å²) >= 11 is 15.5. The van der Waals surface area contributed by atoms with E-state index in [9.17, 15) is 24.3 Å². The maximum atomic E-state index is 13.1. The lowest BCUT2D eigenvalue weighted by Gasteiger charge is -2.31. The molecule has 0 radical (unpaired) electrons. The van der Waals surface area contributed by atoms with Crippen LogP contribution in [0.15, 0.2) is 62.9 Å². The first-order chi connectivity index (χ1) is 18.0. The highest BCUT2D eigenvalue weighted by molar-refractivity contribution is 8.05. The van der Waals surface area contributed by atoms with Gasteiger partial charge >= 0.3 is 5.97 Å². The van der Waals surface area contributed by atoms with Crippen molar-refractivity contribution < 1.29 is 24.3 Å². The zero-order chi connectivity index (χ0) is 28.0. The molecule has 2 aliphatic rings. The molecule has 0 aliphatic carbocycles. The number of nitrogens with zero attached hydrogens (tertiary/aromatic N) is 1. The lowest BCUT2D eigenvalue weighted by atomic mass is 9.97. The molecule has 204 valence electrons. The molecule has 1 aromatic rings. The number of carboxylic acid groups (broad SMARTS) is 1. The summed E-state index contributed by atoms with van der Waals surface area (Å²) in [5, 5.41) is 16.3. The van der Waals surface area contributed by atoms with Crippen LogP contribution in [0.25, 0.3) is 0 Å². The Kier molecular flexibility index (Phi) is 10.3. The van der Waals surface area contributed by atoms with Gasteiger partial charge in [-0.2, -0.15) is 0 Å². The Balaban J connectivity index is 1.73. The topological polar surface area (TPSA) is 116 Å². The number of allylic oxidation sites excluding steroid dienone is 2. The molecule has 0 fully saturated rings. The second-order valence-corrected chi connectivity index (χ2v) is 12.6. The van der Waals surface area contributed by atoms with Gasteiger partial charge < -0.3 is 20.6 Å². The summed E-state index contributed by atoms with van der Waals surface area (Å²) in [6.45, 7) is 8.37. The number of carboxylic acids is 1. The molecule has 0 saturated heterocycles. The number of thioether (sulfide) groups is 1. The number of rotatable bonds is 10. The van der Waals surface area contributed by atoms with Crippen molar-refractivity contribution in [1.29, 1.82) is 0 Å². The Labute approximate surface area is 239 Å². The summed E-state index contributed by atoms with van der Waals surface area (Å²) in [5.41, 5.74) is 1.31. The van der Waals surface area contributed by atoms with E-state index < -0.39 is 23.8 Å². The van der Waals surface area contributed by atoms with Crippen LogP contribution >= 0.6 is 46.3 Å². The Morgan fingerprint density at radius 2 is 2.05 bits per heavy atom. The third kappa shape index (κ3) is 7.31. The maximum absolute atomic E-state index is 13.1. The third-order valence-corrected chi connectivity index (χ3v) is 8.92. The van der Waals surface area contributed by atoms with Crippen LogP contribution in [-0.4, -0.2) is 70.0 Å². The van der Waals surface area contributed by atoms with Crippen LogP contribution in [-0.2, 0) is 14.4 Å². The number of carbonyl (C=O) groups is 4. The molecule has 0 bridgehead atoms. The van der Waals surface area contributed by atoms with Gasteiger partial charge in [0.25, 0.3) is 17.7 Å². The molecule has 3 amide bonds. The first-order valence-electron chi connectivity index (χ1n) is 11.8. The van der Waals surface area contributed by atoms with E-state index in [0.29, 0.717) is 29.0 Å². The highest BCUT2D eigenvalue weighted by atomic mass is 35.5. The van der Waals surface area contributed by atoms with Crippen molar-refractivity contribution in [3.63, 3.8) is 0 Å². The molecule has 12 heteroatoms. The molecule has 38 heavy (non-hydrogen) atoms. The summed E-state index contributed by atoms with van der Waals surface area (Å²) in [6, 6.07) is 1.91. The molecule has 0 saturated carbocycles. The van der Waals surface area contributed by atoms with Crippen LogP contribution < -0.4 is 10.6 Å². The first kappa shape index (κ1) is 30.0. The van der Waals surface area contributed by atoms with E-state index in [4.69, 9.17) is 23.2 Å². The van der Waals surface area contributed by atoms with Gasteiger partial charge in [0.05, 0.1) is 26.3 Å². The SMILES string of the molecule is C=CC1=C(/C(Cl)=C(\CCl)C(=O)N[C@@H](CNC(=O)c2cccs2)C(=O)O)CCN(C(=O)C2=CCC(C)(C)S2)C1. The van der Waals surface area contributed by atoms with Gasteiger partial charge in [0.15, 0.2) is 0 Å². The minimum Gasteiger partial charge on any atom is -0.480 e. The van der Waals surface area contributed by atoms with Gasteiger partial charge in [0.2, 0.25) is 0 Å². The summed E-state index contributed by atoms with van der Waals surface area (Å²) in [4.78, 5) is 52.9. The quantitative estimate of drug-likeness (QED) is 0.274. The second-order valence-electron chi connectivity index (χ2n) is 9.30. The second kappa shape index (κ2) is 13.0. The largest absolute Gasteiger partial charge is 0.480 e. The van der Waals surface area contributed by atoms with Crippen LogP contribution in [0.5, 0.6) is 0 Å². The van der Waals surface area contributed by atoms with Crippen LogP contribution in [0.1, 0.15) is 36.4 Å². The third-order valence-electron chi connectivity index (χ3n) is 6.04. The number of aliphatic carboxylic acids is 1. The molecule has 0 aromatic carbocycles. The fourth-order valence-corrected chi connectivity index (χ4v) is 6.42. The Morgan fingerprint density at radius 1 is 1.32 bits per heavy atom. The van der Waals surface area contributed by atoms with Crippen LogP contribution in [0.2, 0.25) is 0 Å². The summed E-state index contributed by atoms with van der Waals surface area (Å²) in [6.07, 6.45) is 4.76. The molecular formula is C26H29Cl2N3O5S2. The summed E-state index contributed by atoms with van der Waals surface area (Å²) in [7, 11) is 0. The number of halogens is 2. The van der Waals surface area contributed by atoms with Gasteiger partial charge in [-0.25, -0.2) is 4.79 Å². The van der Waals surface area contributed by atoms with Crippen molar-refractivity contribution >= 4 is 70.0 Å². The van der Waals surface area contributed by atoms with Crippen molar-refractivity contribution in [3.8, 4) is 0 Å². The van der Waals surface area contributed by atoms with Crippen molar-refractivity contribution in [1.82, 2.24) is 15.5 Å². The average molecular weight is 599 g/mol. The van der Waals surface area contributed by atoms with Crippen molar-refractivity contribution in [2.45, 2.75) is 37.5 Å². The highest BCUT2D eigenvalue weighted by Crippen LogP contribution is 2.42. The first-order valence-corrected chi connectivity index (χ1v) is 14.4. The minimum atomic E-state index is -1.40. The van der Waals surface area contributed by atoms with Gasteiger partial charge in [0, 0.05) is 24.4 Å². The monoisotopic (exact) mass is 597 g/mol. The molecular weight excluding hydrogens is 569 g/mol. The fraction of sp³-hybridized carbons (Fsp3) is 0.385. The molecule has 8 nitrogen and oxygen atoms in total. The van der Waals surface area contributed by atoms with Gasteiger partial charge in [-0.05, 0) is 35.4 Å². The predicted molar refractivity (Wildman–Crippen MR) is 153 cm³/mol. The van der Waals surface area contributed by atoms with Crippen molar-refractivity contribution in [2.24, 2.45) is 0 Å². The number of nitrogens with one attached hydrogen (secondary N) is 2. The predicted octanol–water partition coefficient (Wildman–Crippen LogP) is 4.29. The van der Waals surface area contributed by atoms with E-state index >= 15 is 0 Å². The Morgan fingerprint density at radius 3 is 2.61 bits per heavy atom. The van der Waals surface area contributed by atoms with Gasteiger partial charge in [0.1, 0.15) is 6.04 Å². The van der Waals surface area contributed by atoms with Crippen LogP contribution in [0.4, 0.5) is 0 Å². The number of hydrogen-bond acceptors (Lipinski definition) is 6. The van der Waals surface area contributed by atoms with Crippen molar-refractivity contribution in [3.05, 3.63) is 67.8 Å². The Bertz CT molecular complexity index is 1220. The molecule has 3 N–H and O–H groups in total. The number of alkyl halides is 1. The van der Waals surface area contributed by atoms with E-state index in [1.807, 2.05) is 6.08 Å². The molecule has 0 unspecified atom stereocenters. The minimum absolute atomic E-state index is 0.00546. The smallest absolute Gasteiger partial charge is 0.328 e. The Hall–Kier alpha value is -2.53. The molecule has 3 rings (SSSR count). The normalized spacial score (nSPS) is 18.3. The zero-order valence-corrected chi connectivity index (χ0v) is 24.2. The summed E-state index contributed by atoms with van der Waals surface area (Å²) < 4.78 is -0.0156. The average Bonchev–Trinajstić information content (AvgIpc) is 3.55. The lowest BCUT2D eigenvalue weighted by molar-refractivity contribution is -0.141. The van der Waals surface area contributed by atoms with E-state index in [2.05, 4.69) is 31.1 Å². The fourth-order valence-electron chi connectivity index (χ4n) is 3.94. The molecule has 2 aliphatic heterocycles. The van der Waals surface area contributed by atoms with Gasteiger partial charge in [-0.1, -0.05) is 50.2 Å². The zero-order valence-electron chi connectivity index (χ0n) is 21.0. The van der Waals surface area contributed by atoms with Gasteiger partial charge in [-0.3, -0.25) is 14.4 Å². The molecule has 3 heterocycles. The van der Waals surface area contributed by atoms with E-state index in [-0.39, 0.29) is 40.2 Å². The van der Waals surface area contributed by atoms with Crippen molar-refractivity contribution in [2.75, 3.05) is 25.5 Å². The standard InChI is InChI=1S/C26H29Cl2N3O5S2/c1-4-15-14-31(24(34)20-7-9-26(2,3)38-20)10-8-16(15)21(28)17(12-27)22(32)30-18(25(35)36)13-29-23(33)19-6-5-11-37-19/h4-7,11,18H,1,8-10,12-14H2,2-3H3,(H,29,33)(H,30,32)(H,35,36)/b21-17-/t18-/m0/s1. The van der Waals surface area contributed by atoms with Crippen LogP contribution in [0.3, 0.4) is 0 Å². The highest BCUT2D eigenvalue weighted by Gasteiger charge is 2.33. The van der Waals surface area contributed by atoms with E-state index in [0.717, 1.165) is 11.3 Å². The maximum Gasteiger partial charge on any atom is 0.328 e. The van der Waals surface area contributed by atoms with Gasteiger partial charge in [-0.15, -0.1) is 34.7 Å². The number of hydrogen-bond donors (Lipinski definition) is 3. The number of thiophene rings is 1. The number of carbonyl (C=O) groups excluding carboxylic acids is 3. The lowest BCUT2D eigenvalue weighted by Crippen LogP contribution is -2.49. The van der Waals surface area contributed by atoms with Crippen LogP contribution in [0, 0.1) is 0 Å². The van der Waals surface area contributed by atoms with E-state index in [1.165, 1.54) is 11.3 Å². The number of amides is 3. The summed E-state index contributed by atoms with van der Waals surface area (Å²) in [5.74, 6) is -2.84. The molecule has 1 atom stereocenters. The molecule has 1 aromatic heterocycles.